The minimum absolute atomic E-state index is 0.626. The number of rotatable bonds is 2. The number of nitrogens with one attached hydrogen (secondary N) is 1. The minimum Gasteiger partial charge on any atom is -0.311 e. The van der Waals surface area contributed by atoms with Crippen LogP contribution in [0.4, 0.5) is 0 Å². The molecule has 1 aliphatic heterocycles. The van der Waals surface area contributed by atoms with Gasteiger partial charge < -0.3 is 5.32 Å². The zero-order chi connectivity index (χ0) is 10.8. The molecule has 1 saturated heterocycles. The molecule has 0 bridgehead atoms. The summed E-state index contributed by atoms with van der Waals surface area (Å²) in [6.45, 7) is 10.2. The topological polar surface area (TPSA) is 15.3 Å². The zero-order valence-corrected chi connectivity index (χ0v) is 10.6. The highest BCUT2D eigenvalue weighted by molar-refractivity contribution is 7.10. The lowest BCUT2D eigenvalue weighted by molar-refractivity contribution is 0.140. The van der Waals surface area contributed by atoms with E-state index < -0.39 is 0 Å². The van der Waals surface area contributed by atoms with Gasteiger partial charge in [0.25, 0.3) is 0 Å². The second-order valence-electron chi connectivity index (χ2n) is 4.61. The highest BCUT2D eigenvalue weighted by Crippen LogP contribution is 2.20. The van der Waals surface area contributed by atoms with E-state index in [4.69, 9.17) is 0 Å². The molecular formula is C12H20N2S. The first-order chi connectivity index (χ1) is 7.16. The Labute approximate surface area is 96.3 Å². The monoisotopic (exact) mass is 224 g/mol. The Hall–Kier alpha value is -0.380. The lowest BCUT2D eigenvalue weighted by Gasteiger charge is -2.37. The summed E-state index contributed by atoms with van der Waals surface area (Å²) in [7, 11) is 0. The molecule has 0 spiro atoms. The van der Waals surface area contributed by atoms with Crippen molar-refractivity contribution in [3.05, 3.63) is 21.9 Å². The van der Waals surface area contributed by atoms with Crippen molar-refractivity contribution >= 4 is 11.3 Å². The van der Waals surface area contributed by atoms with Gasteiger partial charge in [0.1, 0.15) is 0 Å². The predicted octanol–water partition coefficient (Wildman–Crippen LogP) is 2.24. The van der Waals surface area contributed by atoms with E-state index in [0.717, 1.165) is 13.1 Å². The van der Waals surface area contributed by atoms with Gasteiger partial charge in [-0.15, -0.1) is 11.3 Å². The third-order valence-electron chi connectivity index (χ3n) is 3.21. The van der Waals surface area contributed by atoms with Crippen LogP contribution >= 0.6 is 11.3 Å². The number of nitrogens with zero attached hydrogens (tertiary/aromatic N) is 1. The molecule has 15 heavy (non-hydrogen) atoms. The molecule has 1 fully saturated rings. The largest absolute Gasteiger partial charge is 0.311 e. The fraction of sp³-hybridized carbons (Fsp3) is 0.667. The summed E-state index contributed by atoms with van der Waals surface area (Å²) in [5, 5.41) is 5.71. The van der Waals surface area contributed by atoms with E-state index in [1.165, 1.54) is 17.0 Å². The number of thiophene rings is 1. The van der Waals surface area contributed by atoms with Crippen molar-refractivity contribution in [2.75, 3.05) is 13.1 Å². The molecule has 84 valence electrons. The van der Waals surface area contributed by atoms with Crippen LogP contribution in [-0.4, -0.2) is 30.1 Å². The molecule has 2 heterocycles. The Morgan fingerprint density at radius 2 is 2.33 bits per heavy atom. The standard InChI is InChI=1S/C12H20N2S/c1-9-4-5-15-12(9)8-14-7-10(2)13-6-11(14)3/h4-5,10-11,13H,6-8H2,1-3H3. The summed E-state index contributed by atoms with van der Waals surface area (Å²) in [5.74, 6) is 0. The minimum atomic E-state index is 0.626. The average molecular weight is 224 g/mol. The van der Waals surface area contributed by atoms with Gasteiger partial charge in [-0.2, -0.15) is 0 Å². The van der Waals surface area contributed by atoms with Crippen LogP contribution in [-0.2, 0) is 6.54 Å². The second kappa shape index (κ2) is 4.64. The maximum absolute atomic E-state index is 3.52. The van der Waals surface area contributed by atoms with Gasteiger partial charge in [0.15, 0.2) is 0 Å². The lowest BCUT2D eigenvalue weighted by Crippen LogP contribution is -2.53. The normalized spacial score (nSPS) is 28.2. The van der Waals surface area contributed by atoms with Gasteiger partial charge in [0.05, 0.1) is 0 Å². The van der Waals surface area contributed by atoms with Gasteiger partial charge in [-0.1, -0.05) is 0 Å². The fourth-order valence-electron chi connectivity index (χ4n) is 2.07. The first kappa shape index (κ1) is 11.1. The van der Waals surface area contributed by atoms with Crippen LogP contribution in [0.25, 0.3) is 0 Å². The van der Waals surface area contributed by atoms with Crippen LogP contribution in [0.15, 0.2) is 11.4 Å². The highest BCUT2D eigenvalue weighted by Gasteiger charge is 2.22. The molecular weight excluding hydrogens is 204 g/mol. The molecule has 0 aliphatic carbocycles. The van der Waals surface area contributed by atoms with Gasteiger partial charge in [0.2, 0.25) is 0 Å². The van der Waals surface area contributed by atoms with Crippen LogP contribution in [0.2, 0.25) is 0 Å². The van der Waals surface area contributed by atoms with E-state index in [1.54, 1.807) is 0 Å². The number of aryl methyl sites for hydroxylation is 1. The van der Waals surface area contributed by atoms with Crippen LogP contribution < -0.4 is 5.32 Å². The molecule has 2 atom stereocenters. The number of hydrogen-bond acceptors (Lipinski definition) is 3. The summed E-state index contributed by atoms with van der Waals surface area (Å²) >= 11 is 1.88. The van der Waals surface area contributed by atoms with Gasteiger partial charge in [-0.25, -0.2) is 0 Å². The lowest BCUT2D eigenvalue weighted by atomic mass is 10.1. The third-order valence-corrected chi connectivity index (χ3v) is 4.22. The van der Waals surface area contributed by atoms with Crippen molar-refractivity contribution in [1.29, 1.82) is 0 Å². The first-order valence-corrected chi connectivity index (χ1v) is 6.55. The van der Waals surface area contributed by atoms with Crippen molar-refractivity contribution < 1.29 is 0 Å². The van der Waals surface area contributed by atoms with E-state index in [1.807, 2.05) is 11.3 Å². The Kier molecular flexibility index (Phi) is 3.44. The Balaban J connectivity index is 2.01. The summed E-state index contributed by atoms with van der Waals surface area (Å²) < 4.78 is 0. The molecule has 0 aromatic carbocycles. The smallest absolute Gasteiger partial charge is 0.0334 e. The van der Waals surface area contributed by atoms with E-state index in [-0.39, 0.29) is 0 Å². The molecule has 2 rings (SSSR count). The van der Waals surface area contributed by atoms with Gasteiger partial charge in [-0.3, -0.25) is 4.90 Å². The molecule has 0 saturated carbocycles. The molecule has 1 aromatic rings. The van der Waals surface area contributed by atoms with Gasteiger partial charge in [0, 0.05) is 36.6 Å². The van der Waals surface area contributed by atoms with Gasteiger partial charge in [-0.05, 0) is 37.8 Å². The van der Waals surface area contributed by atoms with E-state index >= 15 is 0 Å². The number of hydrogen-bond donors (Lipinski definition) is 1. The Morgan fingerprint density at radius 3 is 3.00 bits per heavy atom. The maximum atomic E-state index is 3.52. The summed E-state index contributed by atoms with van der Waals surface area (Å²) in [6, 6.07) is 3.50. The van der Waals surface area contributed by atoms with Crippen molar-refractivity contribution in [2.45, 2.75) is 39.4 Å². The van der Waals surface area contributed by atoms with Crippen molar-refractivity contribution in [3.63, 3.8) is 0 Å². The van der Waals surface area contributed by atoms with Crippen LogP contribution in [0.3, 0.4) is 0 Å². The quantitative estimate of drug-likeness (QED) is 0.829. The average Bonchev–Trinajstić information content (AvgIpc) is 2.58. The van der Waals surface area contributed by atoms with E-state index in [0.29, 0.717) is 12.1 Å². The maximum Gasteiger partial charge on any atom is 0.0334 e. The van der Waals surface area contributed by atoms with Crippen molar-refractivity contribution in [1.82, 2.24) is 10.2 Å². The summed E-state index contributed by atoms with van der Waals surface area (Å²) in [4.78, 5) is 4.11. The van der Waals surface area contributed by atoms with E-state index in [9.17, 15) is 0 Å². The molecule has 2 nitrogen and oxygen atoms in total. The molecule has 0 amide bonds. The molecule has 3 heteroatoms. The predicted molar refractivity (Wildman–Crippen MR) is 66.4 cm³/mol. The molecule has 1 N–H and O–H groups in total. The zero-order valence-electron chi connectivity index (χ0n) is 9.79. The SMILES string of the molecule is Cc1ccsc1CN1CC(C)NCC1C. The summed E-state index contributed by atoms with van der Waals surface area (Å²) in [5.41, 5.74) is 1.44. The highest BCUT2D eigenvalue weighted by atomic mass is 32.1. The van der Waals surface area contributed by atoms with Crippen LogP contribution in [0.1, 0.15) is 24.3 Å². The Morgan fingerprint density at radius 1 is 1.53 bits per heavy atom. The summed E-state index contributed by atoms with van der Waals surface area (Å²) in [6.07, 6.45) is 0. The molecule has 0 radical (unpaired) electrons. The number of piperazine rings is 1. The van der Waals surface area contributed by atoms with Gasteiger partial charge >= 0.3 is 0 Å². The second-order valence-corrected chi connectivity index (χ2v) is 5.62. The molecule has 1 aromatic heterocycles. The fourth-order valence-corrected chi connectivity index (χ4v) is 3.00. The van der Waals surface area contributed by atoms with Crippen LogP contribution in [0.5, 0.6) is 0 Å². The van der Waals surface area contributed by atoms with Crippen molar-refractivity contribution in [3.8, 4) is 0 Å². The first-order valence-electron chi connectivity index (χ1n) is 5.67. The Bertz CT molecular complexity index is 321. The van der Waals surface area contributed by atoms with Crippen LogP contribution in [0, 0.1) is 6.92 Å². The van der Waals surface area contributed by atoms with E-state index in [2.05, 4.69) is 42.4 Å². The third kappa shape index (κ3) is 2.60. The molecule has 2 unspecified atom stereocenters. The molecule has 1 aliphatic rings. The van der Waals surface area contributed by atoms with Crippen molar-refractivity contribution in [2.24, 2.45) is 0 Å².